The molecule has 0 atom stereocenters. The zero-order valence-corrected chi connectivity index (χ0v) is 14.1. The zero-order chi connectivity index (χ0) is 15.5. The van der Waals surface area contributed by atoms with E-state index in [4.69, 9.17) is 4.42 Å². The van der Waals surface area contributed by atoms with Gasteiger partial charge in [0.15, 0.2) is 5.43 Å². The van der Waals surface area contributed by atoms with E-state index in [0.29, 0.717) is 16.7 Å². The van der Waals surface area contributed by atoms with Crippen molar-refractivity contribution in [3.63, 3.8) is 0 Å². The average molecular weight is 401 g/mol. The van der Waals surface area contributed by atoms with Crippen LogP contribution in [0, 0.1) is 3.57 Å². The maximum atomic E-state index is 12.1. The summed E-state index contributed by atoms with van der Waals surface area (Å²) in [7, 11) is 1.88. The minimum Gasteiger partial charge on any atom is -0.456 e. The molecule has 0 bridgehead atoms. The van der Waals surface area contributed by atoms with Crippen LogP contribution in [-0.4, -0.2) is 7.05 Å². The van der Waals surface area contributed by atoms with Crippen LogP contribution in [-0.2, 0) is 0 Å². The predicted octanol–water partition coefficient (Wildman–Crippen LogP) is 4.61. The van der Waals surface area contributed by atoms with Crippen molar-refractivity contribution in [2.24, 2.45) is 0 Å². The first-order valence-electron chi connectivity index (χ1n) is 6.85. The van der Waals surface area contributed by atoms with Crippen molar-refractivity contribution in [2.75, 3.05) is 12.4 Å². The van der Waals surface area contributed by atoms with Gasteiger partial charge in [-0.15, -0.1) is 0 Å². The molecule has 0 aliphatic rings. The molecular formula is C18H14INO2. The molecule has 0 aliphatic carbocycles. The van der Waals surface area contributed by atoms with E-state index in [0.717, 1.165) is 14.8 Å². The van der Waals surface area contributed by atoms with Crippen molar-refractivity contribution in [2.45, 2.75) is 0 Å². The maximum absolute atomic E-state index is 12.1. The van der Waals surface area contributed by atoms with Crippen LogP contribution in [0.1, 0.15) is 11.3 Å². The van der Waals surface area contributed by atoms with Gasteiger partial charge in [0, 0.05) is 22.4 Å². The molecule has 0 aliphatic heterocycles. The van der Waals surface area contributed by atoms with Crippen LogP contribution in [0.25, 0.3) is 23.1 Å². The summed E-state index contributed by atoms with van der Waals surface area (Å²) in [6.07, 6.45) is 3.74. The number of hydrogen-bond donors (Lipinski definition) is 1. The topological polar surface area (TPSA) is 42.2 Å². The molecule has 1 heterocycles. The SMILES string of the molecule is CNc1ccc(/C=C/c2cc(=O)c3cc([125I])ccc3o2)cc1. The molecule has 22 heavy (non-hydrogen) atoms. The van der Waals surface area contributed by atoms with Crippen molar-refractivity contribution in [1.29, 1.82) is 0 Å². The van der Waals surface area contributed by atoms with E-state index in [1.165, 1.54) is 6.07 Å². The highest BCUT2D eigenvalue weighted by Crippen LogP contribution is 2.17. The van der Waals surface area contributed by atoms with Gasteiger partial charge < -0.3 is 9.73 Å². The molecule has 0 fully saturated rings. The fraction of sp³-hybridized carbons (Fsp3) is 0.0556. The third-order valence-corrected chi connectivity index (χ3v) is 4.02. The Labute approximate surface area is 141 Å². The van der Waals surface area contributed by atoms with Crippen LogP contribution >= 0.6 is 22.6 Å². The summed E-state index contributed by atoms with van der Waals surface area (Å²) in [6, 6.07) is 15.1. The van der Waals surface area contributed by atoms with E-state index >= 15 is 0 Å². The summed E-state index contributed by atoms with van der Waals surface area (Å²) in [5.74, 6) is 0.552. The van der Waals surface area contributed by atoms with E-state index in [-0.39, 0.29) is 5.43 Å². The monoisotopic (exact) mass is 401 g/mol. The van der Waals surface area contributed by atoms with E-state index in [2.05, 4.69) is 27.9 Å². The number of hydrogen-bond acceptors (Lipinski definition) is 3. The number of benzene rings is 2. The van der Waals surface area contributed by atoms with Crippen molar-refractivity contribution >= 4 is 51.4 Å². The van der Waals surface area contributed by atoms with Crippen LogP contribution in [0.3, 0.4) is 0 Å². The largest absolute Gasteiger partial charge is 0.456 e. The summed E-state index contributed by atoms with van der Waals surface area (Å²) < 4.78 is 6.78. The molecule has 1 aromatic heterocycles. The quantitative estimate of drug-likeness (QED) is 0.652. The molecule has 0 unspecified atom stereocenters. The second-order valence-corrected chi connectivity index (χ2v) is 6.10. The second-order valence-electron chi connectivity index (χ2n) is 4.86. The standard InChI is InChI=1S/C18H14INO2/c1-20-14-6-2-12(3-7-14)4-8-15-11-17(21)16-10-13(19)5-9-18(16)22-15/h2-11,20H,1H3/b8-4+/i19-2. The molecule has 1 N–H and O–H groups in total. The molecule has 0 radical (unpaired) electrons. The Morgan fingerprint density at radius 3 is 2.55 bits per heavy atom. The average Bonchev–Trinajstić information content (AvgIpc) is 2.54. The normalized spacial score (nSPS) is 11.2. The van der Waals surface area contributed by atoms with Gasteiger partial charge in [0.2, 0.25) is 0 Å². The van der Waals surface area contributed by atoms with Gasteiger partial charge in [0.25, 0.3) is 0 Å². The Kier molecular flexibility index (Phi) is 4.29. The Hall–Kier alpha value is -2.08. The number of anilines is 1. The third-order valence-electron chi connectivity index (χ3n) is 3.35. The lowest BCUT2D eigenvalue weighted by atomic mass is 10.1. The van der Waals surface area contributed by atoms with E-state index in [1.54, 1.807) is 0 Å². The molecule has 0 saturated heterocycles. The minimum atomic E-state index is -0.0232. The lowest BCUT2D eigenvalue weighted by Crippen LogP contribution is -2.00. The lowest BCUT2D eigenvalue weighted by molar-refractivity contribution is 0.591. The number of fused-ring (bicyclic) bond motifs is 1. The van der Waals surface area contributed by atoms with Crippen molar-refractivity contribution in [1.82, 2.24) is 0 Å². The Morgan fingerprint density at radius 2 is 1.82 bits per heavy atom. The van der Waals surface area contributed by atoms with Gasteiger partial charge in [-0.1, -0.05) is 18.2 Å². The highest BCUT2D eigenvalue weighted by atomic mass is 125. The molecule has 3 aromatic rings. The van der Waals surface area contributed by atoms with Crippen LogP contribution in [0.5, 0.6) is 0 Å². The van der Waals surface area contributed by atoms with Gasteiger partial charge in [-0.2, -0.15) is 0 Å². The molecule has 0 amide bonds. The fourth-order valence-electron chi connectivity index (χ4n) is 2.17. The van der Waals surface area contributed by atoms with Gasteiger partial charge >= 0.3 is 0 Å². The zero-order valence-electron chi connectivity index (χ0n) is 12.0. The van der Waals surface area contributed by atoms with Crippen LogP contribution in [0.2, 0.25) is 0 Å². The minimum absolute atomic E-state index is 0.0232. The molecule has 3 rings (SSSR count). The molecule has 4 heteroatoms. The Morgan fingerprint density at radius 1 is 1.05 bits per heavy atom. The molecule has 0 saturated carbocycles. The van der Waals surface area contributed by atoms with Gasteiger partial charge in [-0.25, -0.2) is 0 Å². The molecule has 110 valence electrons. The maximum Gasteiger partial charge on any atom is 0.193 e. The van der Waals surface area contributed by atoms with Crippen LogP contribution < -0.4 is 10.7 Å². The van der Waals surface area contributed by atoms with Gasteiger partial charge in [-0.05, 0) is 64.6 Å². The third kappa shape index (κ3) is 3.22. The number of halogens is 1. The lowest BCUT2D eigenvalue weighted by Gasteiger charge is -2.01. The summed E-state index contributed by atoms with van der Waals surface area (Å²) in [5.41, 5.74) is 2.69. The summed E-state index contributed by atoms with van der Waals surface area (Å²) in [5, 5.41) is 3.69. The molecule has 0 spiro atoms. The smallest absolute Gasteiger partial charge is 0.193 e. The summed E-state index contributed by atoms with van der Waals surface area (Å²) in [4.78, 5) is 12.1. The predicted molar refractivity (Wildman–Crippen MR) is 100 cm³/mol. The Bertz CT molecular complexity index is 895. The van der Waals surface area contributed by atoms with Crippen molar-refractivity contribution in [3.05, 3.63) is 73.6 Å². The molecule has 3 nitrogen and oxygen atoms in total. The van der Waals surface area contributed by atoms with Gasteiger partial charge in [0.1, 0.15) is 11.3 Å². The van der Waals surface area contributed by atoms with Crippen LogP contribution in [0.4, 0.5) is 5.69 Å². The van der Waals surface area contributed by atoms with Gasteiger partial charge in [-0.3, -0.25) is 4.79 Å². The summed E-state index contributed by atoms with van der Waals surface area (Å²) >= 11 is 2.18. The van der Waals surface area contributed by atoms with E-state index in [1.807, 2.05) is 61.7 Å². The second kappa shape index (κ2) is 6.36. The van der Waals surface area contributed by atoms with Crippen molar-refractivity contribution in [3.8, 4) is 0 Å². The molecule has 2 aromatic carbocycles. The fourth-order valence-corrected chi connectivity index (χ4v) is 2.66. The van der Waals surface area contributed by atoms with Crippen molar-refractivity contribution < 1.29 is 4.42 Å². The van der Waals surface area contributed by atoms with Gasteiger partial charge in [0.05, 0.1) is 5.39 Å². The highest BCUT2D eigenvalue weighted by molar-refractivity contribution is 14.1. The number of nitrogens with one attached hydrogen (secondary N) is 1. The number of rotatable bonds is 3. The highest BCUT2D eigenvalue weighted by Gasteiger charge is 2.03. The summed E-state index contributed by atoms with van der Waals surface area (Å²) in [6.45, 7) is 0. The van der Waals surface area contributed by atoms with E-state index in [9.17, 15) is 4.79 Å². The molecular weight excluding hydrogens is 387 g/mol. The first-order valence-corrected chi connectivity index (χ1v) is 7.93. The first kappa shape index (κ1) is 14.8. The Balaban J connectivity index is 1.94. The van der Waals surface area contributed by atoms with Crippen LogP contribution in [0.15, 0.2) is 57.7 Å². The first-order chi connectivity index (χ1) is 10.7. The van der Waals surface area contributed by atoms with E-state index < -0.39 is 0 Å².